The molecular weight excluding hydrogens is 474 g/mol. The number of ether oxygens (including phenoxy) is 2. The Morgan fingerprint density at radius 2 is 1.94 bits per heavy atom. The number of nitrogens with one attached hydrogen (secondary N) is 2. The highest BCUT2D eigenvalue weighted by Gasteiger charge is 2.24. The molecule has 2 rings (SSSR count). The molecule has 2 aromatic carbocycles. The van der Waals surface area contributed by atoms with Crippen molar-refractivity contribution >= 4 is 34.0 Å². The van der Waals surface area contributed by atoms with Crippen molar-refractivity contribution in [1.29, 1.82) is 0 Å². The lowest BCUT2D eigenvalue weighted by Gasteiger charge is -2.20. The van der Waals surface area contributed by atoms with Gasteiger partial charge in [0.15, 0.2) is 11.5 Å². The Morgan fingerprint density at radius 1 is 1.25 bits per heavy atom. The first-order chi connectivity index (χ1) is 15.3. The van der Waals surface area contributed by atoms with E-state index in [1.807, 2.05) is 32.9 Å². The highest BCUT2D eigenvalue weighted by Crippen LogP contribution is 2.36. The van der Waals surface area contributed by atoms with Crippen LogP contribution in [0.3, 0.4) is 0 Å². The molecule has 0 aliphatic rings. The Bertz CT molecular complexity index is 1030. The number of methoxy groups -OCH3 is 1. The standard InChI is InChI=1S/C24H26BrN3O4/c1-6-11-32-22-19(25)12-17(13-20(22)31-5)14-26-28-24(30)21(15(2)3)27-23(29)18-9-7-16(4)8-10-18/h1,7-10,12-15,21H,11H2,2-5H3,(H,27,29)(H,28,30). The van der Waals surface area contributed by atoms with Gasteiger partial charge in [0.25, 0.3) is 11.8 Å². The summed E-state index contributed by atoms with van der Waals surface area (Å²) >= 11 is 3.42. The van der Waals surface area contributed by atoms with Crippen LogP contribution in [-0.4, -0.2) is 37.8 Å². The Labute approximate surface area is 196 Å². The van der Waals surface area contributed by atoms with Gasteiger partial charge in [-0.05, 0) is 58.6 Å². The molecule has 0 radical (unpaired) electrons. The smallest absolute Gasteiger partial charge is 0.262 e. The van der Waals surface area contributed by atoms with E-state index in [9.17, 15) is 9.59 Å². The zero-order valence-electron chi connectivity index (χ0n) is 18.4. The normalized spacial score (nSPS) is 11.7. The van der Waals surface area contributed by atoms with Gasteiger partial charge in [-0.3, -0.25) is 9.59 Å². The zero-order valence-corrected chi connectivity index (χ0v) is 20.0. The van der Waals surface area contributed by atoms with Gasteiger partial charge in [0.05, 0.1) is 17.8 Å². The Morgan fingerprint density at radius 3 is 2.53 bits per heavy atom. The molecule has 1 unspecified atom stereocenters. The molecule has 0 aliphatic carbocycles. The molecule has 0 aliphatic heterocycles. The number of rotatable bonds is 9. The number of carbonyl (C=O) groups is 2. The monoisotopic (exact) mass is 499 g/mol. The maximum atomic E-state index is 12.6. The van der Waals surface area contributed by atoms with Gasteiger partial charge in [-0.2, -0.15) is 5.10 Å². The first kappa shape index (κ1) is 25.0. The molecule has 8 heteroatoms. The molecule has 1 atom stereocenters. The third-order valence-corrected chi connectivity index (χ3v) is 5.08. The van der Waals surface area contributed by atoms with Gasteiger partial charge in [-0.25, -0.2) is 5.43 Å². The summed E-state index contributed by atoms with van der Waals surface area (Å²) < 4.78 is 11.4. The number of hydrogen-bond donors (Lipinski definition) is 2. The van der Waals surface area contributed by atoms with E-state index < -0.39 is 11.9 Å². The van der Waals surface area contributed by atoms with E-state index in [4.69, 9.17) is 15.9 Å². The molecule has 0 saturated heterocycles. The zero-order chi connectivity index (χ0) is 23.7. The predicted octanol–water partition coefficient (Wildman–Crippen LogP) is 3.68. The highest BCUT2D eigenvalue weighted by molar-refractivity contribution is 9.10. The number of aryl methyl sites for hydroxylation is 1. The lowest BCUT2D eigenvalue weighted by atomic mass is 10.0. The molecule has 7 nitrogen and oxygen atoms in total. The van der Waals surface area contributed by atoms with E-state index >= 15 is 0 Å². The molecule has 168 valence electrons. The first-order valence-electron chi connectivity index (χ1n) is 9.91. The summed E-state index contributed by atoms with van der Waals surface area (Å²) in [5.41, 5.74) is 4.68. The van der Waals surface area contributed by atoms with Crippen molar-refractivity contribution in [3.8, 4) is 23.8 Å². The maximum absolute atomic E-state index is 12.6. The SMILES string of the molecule is C#CCOc1c(Br)cc(C=NNC(=O)C(NC(=O)c2ccc(C)cc2)C(C)C)cc1OC. The lowest BCUT2D eigenvalue weighted by molar-refractivity contribution is -0.123. The Kier molecular flexibility index (Phi) is 9.29. The van der Waals surface area contributed by atoms with E-state index in [2.05, 4.69) is 37.7 Å². The third-order valence-electron chi connectivity index (χ3n) is 4.49. The van der Waals surface area contributed by atoms with Crippen molar-refractivity contribution in [2.45, 2.75) is 26.8 Å². The van der Waals surface area contributed by atoms with Crippen LogP contribution in [0.1, 0.15) is 35.3 Å². The van der Waals surface area contributed by atoms with Crippen LogP contribution in [0.2, 0.25) is 0 Å². The average molecular weight is 500 g/mol. The minimum atomic E-state index is -0.748. The molecule has 0 fully saturated rings. The molecule has 0 bridgehead atoms. The fourth-order valence-electron chi connectivity index (χ4n) is 2.77. The van der Waals surface area contributed by atoms with Crippen LogP contribution in [-0.2, 0) is 4.79 Å². The summed E-state index contributed by atoms with van der Waals surface area (Å²) in [6, 6.07) is 9.84. The second-order valence-corrected chi connectivity index (χ2v) is 8.18. The van der Waals surface area contributed by atoms with Crippen molar-refractivity contribution in [1.82, 2.24) is 10.7 Å². The van der Waals surface area contributed by atoms with Crippen LogP contribution in [0.25, 0.3) is 0 Å². The van der Waals surface area contributed by atoms with Crippen LogP contribution in [0.15, 0.2) is 46.0 Å². The van der Waals surface area contributed by atoms with Crippen molar-refractivity contribution in [2.24, 2.45) is 11.0 Å². The topological polar surface area (TPSA) is 89.0 Å². The second kappa shape index (κ2) is 11.9. The van der Waals surface area contributed by atoms with Gasteiger partial charge in [0, 0.05) is 5.56 Å². The summed E-state index contributed by atoms with van der Waals surface area (Å²) in [6.07, 6.45) is 6.71. The third kappa shape index (κ3) is 6.86. The number of terminal acetylenes is 1. The largest absolute Gasteiger partial charge is 0.493 e. The fraction of sp³-hybridized carbons (Fsp3) is 0.292. The maximum Gasteiger partial charge on any atom is 0.262 e. The van der Waals surface area contributed by atoms with Crippen LogP contribution >= 0.6 is 15.9 Å². The molecule has 2 amide bonds. The molecule has 0 spiro atoms. The van der Waals surface area contributed by atoms with E-state index in [0.29, 0.717) is 27.1 Å². The van der Waals surface area contributed by atoms with Gasteiger partial charge in [-0.15, -0.1) is 6.42 Å². The number of amides is 2. The number of benzene rings is 2. The molecule has 0 aromatic heterocycles. The fourth-order valence-corrected chi connectivity index (χ4v) is 3.35. The number of hydrazone groups is 1. The minimum absolute atomic E-state index is 0.101. The Hall–Kier alpha value is -3.31. The summed E-state index contributed by atoms with van der Waals surface area (Å²) in [5, 5.41) is 6.79. The highest BCUT2D eigenvalue weighted by atomic mass is 79.9. The number of halogens is 1. The van der Waals surface area contributed by atoms with E-state index in [1.165, 1.54) is 13.3 Å². The van der Waals surface area contributed by atoms with E-state index in [0.717, 1.165) is 5.56 Å². The summed E-state index contributed by atoms with van der Waals surface area (Å²) in [4.78, 5) is 25.2. The molecular formula is C24H26BrN3O4. The van der Waals surface area contributed by atoms with Gasteiger partial charge < -0.3 is 14.8 Å². The number of nitrogens with zero attached hydrogens (tertiary/aromatic N) is 1. The van der Waals surface area contributed by atoms with Gasteiger partial charge in [0.2, 0.25) is 0 Å². The average Bonchev–Trinajstić information content (AvgIpc) is 2.76. The molecule has 0 saturated carbocycles. The van der Waals surface area contributed by atoms with Crippen molar-refractivity contribution in [3.63, 3.8) is 0 Å². The molecule has 0 heterocycles. The van der Waals surface area contributed by atoms with Gasteiger partial charge in [0.1, 0.15) is 12.6 Å². The van der Waals surface area contributed by atoms with Crippen LogP contribution in [0, 0.1) is 25.2 Å². The van der Waals surface area contributed by atoms with Crippen molar-refractivity contribution in [3.05, 3.63) is 57.6 Å². The molecule has 2 N–H and O–H groups in total. The first-order valence-corrected chi connectivity index (χ1v) is 10.7. The number of hydrogen-bond acceptors (Lipinski definition) is 5. The predicted molar refractivity (Wildman–Crippen MR) is 128 cm³/mol. The van der Waals surface area contributed by atoms with Crippen molar-refractivity contribution < 1.29 is 19.1 Å². The van der Waals surface area contributed by atoms with Crippen molar-refractivity contribution in [2.75, 3.05) is 13.7 Å². The number of carbonyl (C=O) groups excluding carboxylic acids is 2. The second-order valence-electron chi connectivity index (χ2n) is 7.32. The quantitative estimate of drug-likeness (QED) is 0.312. The summed E-state index contributed by atoms with van der Waals surface area (Å²) in [5.74, 6) is 2.46. The minimum Gasteiger partial charge on any atom is -0.493 e. The lowest BCUT2D eigenvalue weighted by Crippen LogP contribution is -2.48. The van der Waals surface area contributed by atoms with Gasteiger partial charge in [-0.1, -0.05) is 37.5 Å². The van der Waals surface area contributed by atoms with Crippen LogP contribution < -0.4 is 20.2 Å². The molecule has 32 heavy (non-hydrogen) atoms. The van der Waals surface area contributed by atoms with E-state index in [1.54, 1.807) is 24.3 Å². The van der Waals surface area contributed by atoms with Crippen LogP contribution in [0.5, 0.6) is 11.5 Å². The summed E-state index contributed by atoms with van der Waals surface area (Å²) in [6.45, 7) is 5.74. The van der Waals surface area contributed by atoms with Gasteiger partial charge >= 0.3 is 0 Å². The summed E-state index contributed by atoms with van der Waals surface area (Å²) in [7, 11) is 1.51. The Balaban J connectivity index is 2.08. The van der Waals surface area contributed by atoms with E-state index in [-0.39, 0.29) is 18.4 Å². The molecule has 2 aromatic rings. The van der Waals surface area contributed by atoms with Crippen LogP contribution in [0.4, 0.5) is 0 Å².